The number of nitrogens with one attached hydrogen (secondary N) is 2. The highest BCUT2D eigenvalue weighted by Crippen LogP contribution is 2.15. The normalized spacial score (nSPS) is 11.2. The van der Waals surface area contributed by atoms with E-state index in [1.165, 1.54) is 11.0 Å². The second-order valence-corrected chi connectivity index (χ2v) is 5.83. The maximum atomic E-state index is 12.3. The average molecular weight is 374 g/mol. The summed E-state index contributed by atoms with van der Waals surface area (Å²) in [4.78, 5) is 37.2. The van der Waals surface area contributed by atoms with E-state index in [1.54, 1.807) is 38.2 Å². The van der Waals surface area contributed by atoms with Crippen molar-refractivity contribution in [1.82, 2.24) is 5.32 Å². The maximum absolute atomic E-state index is 12.3. The van der Waals surface area contributed by atoms with Crippen LogP contribution in [0.4, 0.5) is 5.69 Å². The van der Waals surface area contributed by atoms with Crippen LogP contribution in [0.1, 0.15) is 31.7 Å². The van der Waals surface area contributed by atoms with E-state index < -0.39 is 12.0 Å². The molecule has 0 heterocycles. The first-order valence-electron chi connectivity index (χ1n) is 8.57. The number of amides is 2. The van der Waals surface area contributed by atoms with Crippen LogP contribution in [-0.2, 0) is 19.1 Å². The molecule has 0 saturated heterocycles. The third-order valence-corrected chi connectivity index (χ3v) is 3.83. The fraction of sp³-hybridized carbons (Fsp3) is 0.368. The van der Waals surface area contributed by atoms with Crippen LogP contribution in [0, 0.1) is 5.41 Å². The van der Waals surface area contributed by atoms with Gasteiger partial charge in [0.15, 0.2) is 0 Å². The summed E-state index contributed by atoms with van der Waals surface area (Å²) >= 11 is 0. The smallest absolute Gasteiger partial charge is 0.308 e. The van der Waals surface area contributed by atoms with Gasteiger partial charge in [-0.2, -0.15) is 0 Å². The first kappa shape index (κ1) is 21.9. The van der Waals surface area contributed by atoms with Gasteiger partial charge in [-0.25, -0.2) is 0 Å². The number of rotatable bonds is 10. The number of benzene rings is 1. The van der Waals surface area contributed by atoms with E-state index in [1.807, 2.05) is 0 Å². The first-order chi connectivity index (χ1) is 12.8. The Bertz CT molecular complexity index is 700. The van der Waals surface area contributed by atoms with Gasteiger partial charge in [0.25, 0.3) is 0 Å². The molecule has 146 valence electrons. The van der Waals surface area contributed by atoms with Crippen molar-refractivity contribution in [3.8, 4) is 0 Å². The molecule has 0 fully saturated rings. The highest BCUT2D eigenvalue weighted by atomic mass is 16.5. The average Bonchev–Trinajstić information content (AvgIpc) is 2.65. The quantitative estimate of drug-likeness (QED) is 0.247. The molecule has 0 aliphatic heterocycles. The van der Waals surface area contributed by atoms with Gasteiger partial charge in [0.05, 0.1) is 19.1 Å². The first-order valence-corrected chi connectivity index (χ1v) is 8.57. The topological polar surface area (TPSA) is 126 Å². The van der Waals surface area contributed by atoms with Crippen LogP contribution in [0.2, 0.25) is 0 Å². The van der Waals surface area contributed by atoms with Gasteiger partial charge >= 0.3 is 5.97 Å². The maximum Gasteiger partial charge on any atom is 0.308 e. The molecule has 1 aromatic rings. The molecular weight excluding hydrogens is 348 g/mol. The standard InChI is InChI=1S/C19H26N4O4/c1-4-14(12-18(26)27-5-2)22-16(24)10-11-17(25)23(3)15-8-6-13(7-9-15)19(20)21/h4,6-9,14H,1,5,10-12H2,2-3H3,(H3,20,21)(H,22,24)/t14-/m1/s1. The Morgan fingerprint density at radius 2 is 1.93 bits per heavy atom. The molecule has 0 aliphatic carbocycles. The summed E-state index contributed by atoms with van der Waals surface area (Å²) in [6.07, 6.45) is 1.46. The zero-order valence-corrected chi connectivity index (χ0v) is 15.7. The Morgan fingerprint density at radius 1 is 1.30 bits per heavy atom. The molecule has 0 saturated carbocycles. The van der Waals surface area contributed by atoms with Crippen LogP contribution in [-0.4, -0.2) is 43.3 Å². The number of amidine groups is 1. The van der Waals surface area contributed by atoms with E-state index in [4.69, 9.17) is 15.9 Å². The molecule has 0 unspecified atom stereocenters. The molecule has 8 nitrogen and oxygen atoms in total. The summed E-state index contributed by atoms with van der Waals surface area (Å²) in [7, 11) is 1.61. The molecule has 1 aromatic carbocycles. The van der Waals surface area contributed by atoms with Gasteiger partial charge in [0, 0.05) is 31.1 Å². The predicted molar refractivity (Wildman–Crippen MR) is 103 cm³/mol. The monoisotopic (exact) mass is 374 g/mol. The summed E-state index contributed by atoms with van der Waals surface area (Å²) < 4.78 is 4.84. The Hall–Kier alpha value is -3.16. The third kappa shape index (κ3) is 7.31. The van der Waals surface area contributed by atoms with E-state index in [-0.39, 0.29) is 43.5 Å². The summed E-state index contributed by atoms with van der Waals surface area (Å²) in [5.74, 6) is -1.06. The Balaban J connectivity index is 2.51. The number of hydrogen-bond donors (Lipinski definition) is 3. The van der Waals surface area contributed by atoms with Crippen molar-refractivity contribution in [2.45, 2.75) is 32.2 Å². The van der Waals surface area contributed by atoms with Gasteiger partial charge in [-0.3, -0.25) is 19.8 Å². The van der Waals surface area contributed by atoms with E-state index in [0.717, 1.165) is 0 Å². The van der Waals surface area contributed by atoms with Gasteiger partial charge in [-0.15, -0.1) is 6.58 Å². The van der Waals surface area contributed by atoms with Crippen LogP contribution in [0.3, 0.4) is 0 Å². The van der Waals surface area contributed by atoms with Crippen molar-refractivity contribution in [3.05, 3.63) is 42.5 Å². The van der Waals surface area contributed by atoms with Crippen molar-refractivity contribution in [3.63, 3.8) is 0 Å². The van der Waals surface area contributed by atoms with Crippen LogP contribution in [0.25, 0.3) is 0 Å². The number of nitrogen functional groups attached to an aromatic ring is 1. The molecule has 8 heteroatoms. The van der Waals surface area contributed by atoms with E-state index in [0.29, 0.717) is 11.3 Å². The van der Waals surface area contributed by atoms with Gasteiger partial charge in [-0.1, -0.05) is 6.08 Å². The molecule has 0 spiro atoms. The molecule has 4 N–H and O–H groups in total. The zero-order valence-electron chi connectivity index (χ0n) is 15.7. The minimum Gasteiger partial charge on any atom is -0.466 e. The summed E-state index contributed by atoms with van der Waals surface area (Å²) in [5, 5.41) is 10.0. The molecular formula is C19H26N4O4. The lowest BCUT2D eigenvalue weighted by molar-refractivity contribution is -0.143. The number of anilines is 1. The Labute approximate surface area is 158 Å². The van der Waals surface area contributed by atoms with E-state index in [9.17, 15) is 14.4 Å². The fourth-order valence-electron chi connectivity index (χ4n) is 2.27. The lowest BCUT2D eigenvalue weighted by atomic mass is 10.1. The number of carbonyl (C=O) groups is 3. The molecule has 0 aliphatic rings. The SMILES string of the molecule is C=C[C@H](CC(=O)OCC)NC(=O)CCC(=O)N(C)c1ccc(C(=N)N)cc1. The minimum absolute atomic E-state index is 0.000569. The third-order valence-electron chi connectivity index (χ3n) is 3.83. The zero-order chi connectivity index (χ0) is 20.4. The lowest BCUT2D eigenvalue weighted by Crippen LogP contribution is -2.36. The summed E-state index contributed by atoms with van der Waals surface area (Å²) in [6, 6.07) is 6.13. The molecule has 0 bridgehead atoms. The van der Waals surface area contributed by atoms with Crippen molar-refractivity contribution < 1.29 is 19.1 Å². The summed E-state index contributed by atoms with van der Waals surface area (Å²) in [5.41, 5.74) is 6.60. The van der Waals surface area contributed by atoms with Crippen LogP contribution in [0.15, 0.2) is 36.9 Å². The van der Waals surface area contributed by atoms with Crippen molar-refractivity contribution in [2.24, 2.45) is 5.73 Å². The lowest BCUT2D eigenvalue weighted by Gasteiger charge is -2.18. The molecule has 1 rings (SSSR count). The van der Waals surface area contributed by atoms with Crippen LogP contribution in [0.5, 0.6) is 0 Å². The van der Waals surface area contributed by atoms with Gasteiger partial charge in [0.2, 0.25) is 11.8 Å². The Morgan fingerprint density at radius 3 is 2.44 bits per heavy atom. The second-order valence-electron chi connectivity index (χ2n) is 5.83. The van der Waals surface area contributed by atoms with Gasteiger partial charge < -0.3 is 20.7 Å². The number of nitrogens with zero attached hydrogens (tertiary/aromatic N) is 1. The van der Waals surface area contributed by atoms with Crippen molar-refractivity contribution in [2.75, 3.05) is 18.6 Å². The van der Waals surface area contributed by atoms with Crippen LogP contribution >= 0.6 is 0 Å². The number of carbonyl (C=O) groups excluding carboxylic acids is 3. The minimum atomic E-state index is -0.538. The molecule has 0 radical (unpaired) electrons. The predicted octanol–water partition coefficient (Wildman–Crippen LogP) is 1.34. The van der Waals surface area contributed by atoms with Crippen molar-refractivity contribution >= 4 is 29.3 Å². The highest BCUT2D eigenvalue weighted by Gasteiger charge is 2.17. The number of nitrogens with two attached hydrogens (primary N) is 1. The highest BCUT2D eigenvalue weighted by molar-refractivity contribution is 5.97. The fourth-order valence-corrected chi connectivity index (χ4v) is 2.27. The summed E-state index contributed by atoms with van der Waals surface area (Å²) in [6.45, 7) is 5.56. The van der Waals surface area contributed by atoms with E-state index >= 15 is 0 Å². The van der Waals surface area contributed by atoms with Crippen LogP contribution < -0.4 is 16.0 Å². The molecule has 0 aromatic heterocycles. The molecule has 2 amide bonds. The van der Waals surface area contributed by atoms with Gasteiger partial charge in [-0.05, 0) is 31.2 Å². The van der Waals surface area contributed by atoms with Crippen molar-refractivity contribution in [1.29, 1.82) is 5.41 Å². The number of esters is 1. The second kappa shape index (κ2) is 10.7. The number of ether oxygens (including phenoxy) is 1. The molecule has 27 heavy (non-hydrogen) atoms. The van der Waals surface area contributed by atoms with Gasteiger partial charge in [0.1, 0.15) is 5.84 Å². The Kier molecular flexibility index (Phi) is 8.71. The number of hydrogen-bond acceptors (Lipinski definition) is 5. The van der Waals surface area contributed by atoms with E-state index in [2.05, 4.69) is 11.9 Å². The molecule has 1 atom stereocenters. The largest absolute Gasteiger partial charge is 0.466 e.